The lowest BCUT2D eigenvalue weighted by Gasteiger charge is -2.36. The minimum atomic E-state index is -0.455. The molecular formula is C24H27ClFN5O3. The number of halogens is 2. The van der Waals surface area contributed by atoms with Gasteiger partial charge in [0.05, 0.1) is 46.9 Å². The summed E-state index contributed by atoms with van der Waals surface area (Å²) in [6, 6.07) is 4.26. The molecule has 0 spiro atoms. The maximum atomic E-state index is 14.0. The van der Waals surface area contributed by atoms with E-state index >= 15 is 0 Å². The van der Waals surface area contributed by atoms with Crippen molar-refractivity contribution in [3.05, 3.63) is 57.2 Å². The second-order valence-electron chi connectivity index (χ2n) is 9.22. The van der Waals surface area contributed by atoms with E-state index < -0.39 is 11.9 Å². The molecule has 1 aliphatic heterocycles. The molecular weight excluding hydrogens is 461 g/mol. The molecule has 1 aromatic carbocycles. The summed E-state index contributed by atoms with van der Waals surface area (Å²) in [7, 11) is 0. The van der Waals surface area contributed by atoms with Crippen LogP contribution >= 0.6 is 11.6 Å². The fourth-order valence-electron chi connectivity index (χ4n) is 4.54. The van der Waals surface area contributed by atoms with E-state index in [-0.39, 0.29) is 23.8 Å². The fourth-order valence-corrected chi connectivity index (χ4v) is 4.67. The van der Waals surface area contributed by atoms with Crippen LogP contribution in [-0.2, 0) is 13.1 Å². The standard InChI is InChI=1S/C24H27ClFN5O3/c1-12(32)9-27-16-7-17(8-16)34-21-6-15(26)4-5-18(21)24(33)30-10-19-20(11-30)29-31-14(3)22(25)13(2)28-23(19)31/h4-6,12,16-17,27,32H,7-11H2,1-3H3. The first-order valence-corrected chi connectivity index (χ1v) is 11.8. The number of carbonyl (C=O) groups excluding carboxylic acids is 1. The minimum absolute atomic E-state index is 0.111. The first kappa shape index (κ1) is 23.0. The monoisotopic (exact) mass is 487 g/mol. The summed E-state index contributed by atoms with van der Waals surface area (Å²) in [6.45, 7) is 6.67. The van der Waals surface area contributed by atoms with Crippen LogP contribution in [0.15, 0.2) is 18.2 Å². The maximum absolute atomic E-state index is 14.0. The highest BCUT2D eigenvalue weighted by Crippen LogP contribution is 2.33. The van der Waals surface area contributed by atoms with Gasteiger partial charge in [0, 0.05) is 24.2 Å². The number of nitrogens with one attached hydrogen (secondary N) is 1. The number of amides is 1. The molecule has 0 radical (unpaired) electrons. The fraction of sp³-hybridized carbons (Fsp3) is 0.458. The molecule has 34 heavy (non-hydrogen) atoms. The number of aromatic nitrogens is 3. The Morgan fingerprint density at radius 2 is 2.12 bits per heavy atom. The lowest BCUT2D eigenvalue weighted by molar-refractivity contribution is 0.0676. The number of hydrogen-bond donors (Lipinski definition) is 2. The number of aliphatic hydroxyl groups excluding tert-OH is 1. The van der Waals surface area contributed by atoms with Crippen molar-refractivity contribution in [1.82, 2.24) is 24.8 Å². The van der Waals surface area contributed by atoms with E-state index in [4.69, 9.17) is 16.3 Å². The Kier molecular flexibility index (Phi) is 5.95. The molecule has 0 bridgehead atoms. The van der Waals surface area contributed by atoms with Gasteiger partial charge in [-0.3, -0.25) is 4.79 Å². The SMILES string of the molecule is Cc1nc2c3c(nn2c(C)c1Cl)CN(C(=O)c1ccc(F)cc1OC1CC(NCC(C)O)C1)C3. The first-order chi connectivity index (χ1) is 16.2. The molecule has 8 nitrogen and oxygen atoms in total. The Morgan fingerprint density at radius 3 is 2.85 bits per heavy atom. The average Bonchev–Trinajstić information content (AvgIpc) is 3.32. The molecule has 1 amide bonds. The van der Waals surface area contributed by atoms with Crippen LogP contribution in [0.2, 0.25) is 5.02 Å². The van der Waals surface area contributed by atoms with E-state index in [0.29, 0.717) is 35.9 Å². The van der Waals surface area contributed by atoms with E-state index in [0.717, 1.165) is 35.5 Å². The Balaban J connectivity index is 1.32. The highest BCUT2D eigenvalue weighted by molar-refractivity contribution is 6.31. The molecule has 2 aliphatic rings. The van der Waals surface area contributed by atoms with Crippen molar-refractivity contribution in [2.75, 3.05) is 6.54 Å². The van der Waals surface area contributed by atoms with Gasteiger partial charge in [0.25, 0.3) is 5.91 Å². The van der Waals surface area contributed by atoms with E-state index in [1.807, 2.05) is 13.8 Å². The van der Waals surface area contributed by atoms with Gasteiger partial charge in [0.1, 0.15) is 17.7 Å². The summed E-state index contributed by atoms with van der Waals surface area (Å²) in [6.07, 6.45) is 0.937. The lowest BCUT2D eigenvalue weighted by atomic mass is 9.89. The number of benzene rings is 1. The predicted molar refractivity (Wildman–Crippen MR) is 125 cm³/mol. The van der Waals surface area contributed by atoms with Gasteiger partial charge in [-0.05, 0) is 45.7 Å². The van der Waals surface area contributed by atoms with E-state index in [9.17, 15) is 14.3 Å². The predicted octanol–water partition coefficient (Wildman–Crippen LogP) is 3.17. The van der Waals surface area contributed by atoms with Crippen LogP contribution < -0.4 is 10.1 Å². The van der Waals surface area contributed by atoms with Gasteiger partial charge in [-0.1, -0.05) is 11.6 Å². The average molecular weight is 488 g/mol. The normalized spacial score (nSPS) is 20.4. The van der Waals surface area contributed by atoms with Gasteiger partial charge in [-0.15, -0.1) is 0 Å². The summed E-state index contributed by atoms with van der Waals surface area (Å²) in [5, 5.41) is 17.9. The highest BCUT2D eigenvalue weighted by Gasteiger charge is 2.34. The first-order valence-electron chi connectivity index (χ1n) is 11.4. The van der Waals surface area contributed by atoms with E-state index in [1.165, 1.54) is 18.2 Å². The second kappa shape index (κ2) is 8.79. The highest BCUT2D eigenvalue weighted by atomic mass is 35.5. The summed E-state index contributed by atoms with van der Waals surface area (Å²) >= 11 is 6.32. The van der Waals surface area contributed by atoms with Gasteiger partial charge < -0.3 is 20.1 Å². The Bertz CT molecular complexity index is 1270. The molecule has 1 atom stereocenters. The zero-order valence-electron chi connectivity index (χ0n) is 19.3. The molecule has 1 fully saturated rings. The van der Waals surface area contributed by atoms with Gasteiger partial charge in [0.2, 0.25) is 0 Å². The van der Waals surface area contributed by atoms with Crippen molar-refractivity contribution in [3.63, 3.8) is 0 Å². The largest absolute Gasteiger partial charge is 0.489 e. The lowest BCUT2D eigenvalue weighted by Crippen LogP contribution is -2.48. The summed E-state index contributed by atoms with van der Waals surface area (Å²) in [5.41, 5.74) is 4.23. The van der Waals surface area contributed by atoms with Gasteiger partial charge in [-0.2, -0.15) is 5.10 Å². The van der Waals surface area contributed by atoms with Crippen molar-refractivity contribution < 1.29 is 19.0 Å². The number of rotatable bonds is 6. The van der Waals surface area contributed by atoms with E-state index in [2.05, 4.69) is 15.4 Å². The number of hydrogen-bond acceptors (Lipinski definition) is 6. The molecule has 0 saturated heterocycles. The third kappa shape index (κ3) is 4.12. The topological polar surface area (TPSA) is 92.0 Å². The number of carbonyl (C=O) groups is 1. The van der Waals surface area contributed by atoms with Crippen LogP contribution in [0, 0.1) is 19.7 Å². The van der Waals surface area contributed by atoms with Crippen molar-refractivity contribution in [2.24, 2.45) is 0 Å². The third-order valence-electron chi connectivity index (χ3n) is 6.51. The smallest absolute Gasteiger partial charge is 0.258 e. The van der Waals surface area contributed by atoms with Crippen molar-refractivity contribution >= 4 is 23.2 Å². The third-order valence-corrected chi connectivity index (χ3v) is 7.05. The van der Waals surface area contributed by atoms with Crippen molar-refractivity contribution in [1.29, 1.82) is 0 Å². The van der Waals surface area contributed by atoms with Crippen molar-refractivity contribution in [2.45, 2.75) is 65.0 Å². The van der Waals surface area contributed by atoms with Gasteiger partial charge in [-0.25, -0.2) is 13.9 Å². The van der Waals surface area contributed by atoms with Crippen molar-refractivity contribution in [3.8, 4) is 5.75 Å². The molecule has 5 rings (SSSR count). The summed E-state index contributed by atoms with van der Waals surface area (Å²) in [4.78, 5) is 19.7. The minimum Gasteiger partial charge on any atom is -0.489 e. The molecule has 1 aliphatic carbocycles. The number of nitrogens with zero attached hydrogens (tertiary/aromatic N) is 4. The van der Waals surface area contributed by atoms with Gasteiger partial charge in [0.15, 0.2) is 5.65 Å². The number of fused-ring (bicyclic) bond motifs is 3. The number of ether oxygens (including phenoxy) is 1. The maximum Gasteiger partial charge on any atom is 0.258 e. The molecule has 2 aromatic heterocycles. The second-order valence-corrected chi connectivity index (χ2v) is 9.60. The Morgan fingerprint density at radius 1 is 1.35 bits per heavy atom. The molecule has 2 N–H and O–H groups in total. The van der Waals surface area contributed by atoms with Crippen LogP contribution in [0.5, 0.6) is 5.75 Å². The Labute approximate surface area is 201 Å². The molecule has 3 aromatic rings. The molecule has 1 unspecified atom stereocenters. The van der Waals surface area contributed by atoms with E-state index in [1.54, 1.807) is 16.3 Å². The van der Waals surface area contributed by atoms with Crippen LogP contribution in [0.25, 0.3) is 5.65 Å². The Hall–Kier alpha value is -2.75. The number of aliphatic hydroxyl groups is 1. The van der Waals surface area contributed by atoms with Crippen LogP contribution in [0.1, 0.15) is 52.8 Å². The quantitative estimate of drug-likeness (QED) is 0.555. The van der Waals surface area contributed by atoms with Crippen LogP contribution in [0.3, 0.4) is 0 Å². The van der Waals surface area contributed by atoms with Crippen LogP contribution in [-0.4, -0.2) is 55.3 Å². The molecule has 1 saturated carbocycles. The molecule has 3 heterocycles. The summed E-state index contributed by atoms with van der Waals surface area (Å²) < 4.78 is 21.8. The molecule has 10 heteroatoms. The zero-order chi connectivity index (χ0) is 24.1. The zero-order valence-corrected chi connectivity index (χ0v) is 20.1. The van der Waals surface area contributed by atoms with Gasteiger partial charge >= 0.3 is 0 Å². The summed E-state index contributed by atoms with van der Waals surface area (Å²) in [5.74, 6) is -0.444. The molecule has 180 valence electrons. The number of aryl methyl sites for hydroxylation is 2. The van der Waals surface area contributed by atoms with Crippen LogP contribution in [0.4, 0.5) is 4.39 Å².